The van der Waals surface area contributed by atoms with Crippen LogP contribution in [0.25, 0.3) is 0 Å². The van der Waals surface area contributed by atoms with E-state index in [0.29, 0.717) is 17.9 Å². The SMILES string of the molecule is CC(C)NCc1cc(F)c(Oc2ccccc2I)c(F)c1. The fourth-order valence-corrected chi connectivity index (χ4v) is 2.27. The van der Waals surface area contributed by atoms with Crippen molar-refractivity contribution in [3.05, 3.63) is 57.2 Å². The van der Waals surface area contributed by atoms with E-state index >= 15 is 0 Å². The Bertz CT molecular complexity index is 608. The Morgan fingerprint density at radius 1 is 1.14 bits per heavy atom. The highest BCUT2D eigenvalue weighted by molar-refractivity contribution is 14.1. The van der Waals surface area contributed by atoms with Crippen LogP contribution in [-0.4, -0.2) is 6.04 Å². The van der Waals surface area contributed by atoms with Crippen LogP contribution in [-0.2, 0) is 6.54 Å². The van der Waals surface area contributed by atoms with Crippen LogP contribution in [0.2, 0.25) is 0 Å². The van der Waals surface area contributed by atoms with E-state index < -0.39 is 11.6 Å². The minimum atomic E-state index is -0.699. The van der Waals surface area contributed by atoms with Crippen molar-refractivity contribution in [3.8, 4) is 11.5 Å². The van der Waals surface area contributed by atoms with E-state index in [9.17, 15) is 8.78 Å². The molecule has 2 aromatic carbocycles. The zero-order chi connectivity index (χ0) is 15.4. The van der Waals surface area contributed by atoms with Crippen molar-refractivity contribution in [3.63, 3.8) is 0 Å². The number of nitrogens with one attached hydrogen (secondary N) is 1. The molecule has 0 unspecified atom stereocenters. The average Bonchev–Trinajstić information content (AvgIpc) is 2.42. The molecule has 0 aliphatic rings. The molecule has 0 bridgehead atoms. The van der Waals surface area contributed by atoms with Gasteiger partial charge in [0, 0.05) is 12.6 Å². The lowest BCUT2D eigenvalue weighted by atomic mass is 10.2. The maximum Gasteiger partial charge on any atom is 0.198 e. The predicted octanol–water partition coefficient (Wildman–Crippen LogP) is 4.86. The van der Waals surface area contributed by atoms with E-state index in [1.54, 1.807) is 12.1 Å². The molecule has 0 heterocycles. The normalized spacial score (nSPS) is 11.0. The molecule has 0 spiro atoms. The van der Waals surface area contributed by atoms with Gasteiger partial charge >= 0.3 is 0 Å². The van der Waals surface area contributed by atoms with Gasteiger partial charge < -0.3 is 10.1 Å². The smallest absolute Gasteiger partial charge is 0.198 e. The molecule has 0 amide bonds. The van der Waals surface area contributed by atoms with Gasteiger partial charge in [0.25, 0.3) is 0 Å². The first-order chi connectivity index (χ1) is 9.97. The zero-order valence-electron chi connectivity index (χ0n) is 11.8. The van der Waals surface area contributed by atoms with Crippen LogP contribution in [0.1, 0.15) is 19.4 Å². The van der Waals surface area contributed by atoms with E-state index in [-0.39, 0.29) is 11.8 Å². The third-order valence-electron chi connectivity index (χ3n) is 2.82. The number of halogens is 3. The molecule has 0 saturated carbocycles. The fourth-order valence-electron chi connectivity index (χ4n) is 1.77. The second-order valence-corrected chi connectivity index (χ2v) is 6.12. The zero-order valence-corrected chi connectivity index (χ0v) is 13.9. The summed E-state index contributed by atoms with van der Waals surface area (Å²) < 4.78 is 34.3. The van der Waals surface area contributed by atoms with Gasteiger partial charge in [0.05, 0.1) is 3.57 Å². The number of para-hydroxylation sites is 1. The van der Waals surface area contributed by atoms with Crippen LogP contribution < -0.4 is 10.1 Å². The monoisotopic (exact) mass is 403 g/mol. The molecule has 0 saturated heterocycles. The first-order valence-corrected chi connectivity index (χ1v) is 7.69. The maximum absolute atomic E-state index is 14.1. The third kappa shape index (κ3) is 4.38. The van der Waals surface area contributed by atoms with Crippen molar-refractivity contribution in [2.75, 3.05) is 0 Å². The molecule has 2 rings (SSSR count). The van der Waals surface area contributed by atoms with Crippen LogP contribution in [0.15, 0.2) is 36.4 Å². The lowest BCUT2D eigenvalue weighted by molar-refractivity contribution is 0.404. The summed E-state index contributed by atoms with van der Waals surface area (Å²) in [5.74, 6) is -1.33. The highest BCUT2D eigenvalue weighted by Gasteiger charge is 2.15. The van der Waals surface area contributed by atoms with Gasteiger partial charge in [-0.2, -0.15) is 0 Å². The highest BCUT2D eigenvalue weighted by Crippen LogP contribution is 2.31. The van der Waals surface area contributed by atoms with E-state index in [1.165, 1.54) is 12.1 Å². The van der Waals surface area contributed by atoms with Crippen LogP contribution in [0.5, 0.6) is 11.5 Å². The molecule has 0 fully saturated rings. The Morgan fingerprint density at radius 2 is 1.76 bits per heavy atom. The van der Waals surface area contributed by atoms with E-state index in [0.717, 1.165) is 3.57 Å². The molecule has 5 heteroatoms. The predicted molar refractivity (Wildman–Crippen MR) is 87.6 cm³/mol. The van der Waals surface area contributed by atoms with E-state index in [2.05, 4.69) is 27.9 Å². The Labute approximate surface area is 136 Å². The first kappa shape index (κ1) is 16.2. The fraction of sp³-hybridized carbons (Fsp3) is 0.250. The van der Waals surface area contributed by atoms with Gasteiger partial charge in [-0.15, -0.1) is 0 Å². The minimum Gasteiger partial charge on any atom is -0.450 e. The van der Waals surface area contributed by atoms with Gasteiger partial charge in [0.2, 0.25) is 0 Å². The summed E-state index contributed by atoms with van der Waals surface area (Å²) >= 11 is 2.06. The first-order valence-electron chi connectivity index (χ1n) is 6.61. The van der Waals surface area contributed by atoms with Crippen LogP contribution >= 0.6 is 22.6 Å². The Hall–Kier alpha value is -1.21. The number of ether oxygens (including phenoxy) is 1. The maximum atomic E-state index is 14.1. The molecule has 21 heavy (non-hydrogen) atoms. The van der Waals surface area contributed by atoms with Crippen LogP contribution in [0.4, 0.5) is 8.78 Å². The van der Waals surface area contributed by atoms with Crippen molar-refractivity contribution >= 4 is 22.6 Å². The highest BCUT2D eigenvalue weighted by atomic mass is 127. The quantitative estimate of drug-likeness (QED) is 0.721. The molecular weight excluding hydrogens is 387 g/mol. The van der Waals surface area contributed by atoms with E-state index in [1.807, 2.05) is 26.0 Å². The van der Waals surface area contributed by atoms with Gasteiger partial charge in [-0.3, -0.25) is 0 Å². The van der Waals surface area contributed by atoms with Crippen molar-refractivity contribution in [2.24, 2.45) is 0 Å². The number of rotatable bonds is 5. The Morgan fingerprint density at radius 3 is 2.33 bits per heavy atom. The van der Waals surface area contributed by atoms with Gasteiger partial charge in [-0.25, -0.2) is 8.78 Å². The Balaban J connectivity index is 2.23. The molecular formula is C16H16F2INO. The molecule has 2 aromatic rings. The standard InChI is InChI=1S/C16H16F2INO/c1-10(2)20-9-11-7-12(17)16(13(18)8-11)21-15-6-4-3-5-14(15)19/h3-8,10,20H,9H2,1-2H3. The van der Waals surface area contributed by atoms with Crippen molar-refractivity contribution < 1.29 is 13.5 Å². The number of benzene rings is 2. The van der Waals surface area contributed by atoms with Crippen LogP contribution in [0, 0.1) is 15.2 Å². The molecule has 0 aliphatic heterocycles. The molecule has 1 N–H and O–H groups in total. The van der Waals surface area contributed by atoms with Gasteiger partial charge in [0.15, 0.2) is 17.4 Å². The lowest BCUT2D eigenvalue weighted by Crippen LogP contribution is -2.22. The van der Waals surface area contributed by atoms with Crippen LogP contribution in [0.3, 0.4) is 0 Å². The summed E-state index contributed by atoms with van der Waals surface area (Å²) in [6.45, 7) is 4.36. The summed E-state index contributed by atoms with van der Waals surface area (Å²) in [7, 11) is 0. The minimum absolute atomic E-state index is 0.248. The third-order valence-corrected chi connectivity index (χ3v) is 3.71. The number of hydrogen-bond donors (Lipinski definition) is 1. The van der Waals surface area contributed by atoms with Gasteiger partial charge in [0.1, 0.15) is 5.75 Å². The summed E-state index contributed by atoms with van der Waals surface area (Å²) in [4.78, 5) is 0. The van der Waals surface area contributed by atoms with Crippen molar-refractivity contribution in [1.29, 1.82) is 0 Å². The molecule has 112 valence electrons. The van der Waals surface area contributed by atoms with E-state index in [4.69, 9.17) is 4.74 Å². The average molecular weight is 403 g/mol. The van der Waals surface area contributed by atoms with Gasteiger partial charge in [-0.1, -0.05) is 26.0 Å². The molecule has 0 atom stereocenters. The Kier molecular flexibility index (Phi) is 5.52. The molecule has 0 aliphatic carbocycles. The second-order valence-electron chi connectivity index (χ2n) is 4.96. The summed E-state index contributed by atoms with van der Waals surface area (Å²) in [6.07, 6.45) is 0. The molecule has 0 aromatic heterocycles. The summed E-state index contributed by atoms with van der Waals surface area (Å²) in [6, 6.07) is 9.92. The second kappa shape index (κ2) is 7.17. The summed E-state index contributed by atoms with van der Waals surface area (Å²) in [5, 5.41) is 3.12. The number of hydrogen-bond acceptors (Lipinski definition) is 2. The van der Waals surface area contributed by atoms with Gasteiger partial charge in [-0.05, 0) is 52.4 Å². The molecule has 2 nitrogen and oxygen atoms in total. The molecule has 0 radical (unpaired) electrons. The summed E-state index contributed by atoms with van der Waals surface area (Å²) in [5.41, 5.74) is 0.550. The lowest BCUT2D eigenvalue weighted by Gasteiger charge is -2.12. The topological polar surface area (TPSA) is 21.3 Å². The van der Waals surface area contributed by atoms with Crippen molar-refractivity contribution in [2.45, 2.75) is 26.4 Å². The van der Waals surface area contributed by atoms with Crippen molar-refractivity contribution in [1.82, 2.24) is 5.32 Å². The largest absolute Gasteiger partial charge is 0.450 e.